The van der Waals surface area contributed by atoms with Crippen molar-refractivity contribution in [3.63, 3.8) is 0 Å². The molecule has 0 saturated heterocycles. The number of thiophene rings is 1. The molecule has 1 aliphatic heterocycles. The fraction of sp³-hybridized carbons (Fsp3) is 0.312. The third-order valence-electron chi connectivity index (χ3n) is 3.59. The highest BCUT2D eigenvalue weighted by Gasteiger charge is 2.34. The number of benzene rings is 1. The molecule has 0 fully saturated rings. The van der Waals surface area contributed by atoms with Crippen molar-refractivity contribution in [2.75, 3.05) is 5.73 Å². The second-order valence-corrected chi connectivity index (χ2v) is 7.71. The van der Waals surface area contributed by atoms with Crippen LogP contribution in [0.2, 0.25) is 4.34 Å². The standard InChI is InChI=1S/C16H17ClN2O2S.ClH/c1-16(2)8-11(10-7-9(18)3-4-12(10)21-16)19-15(20)13-5-6-14(17)22-13;/h3-7,11H,8,18H2,1-2H3,(H,19,20);1H. The van der Waals surface area contributed by atoms with Gasteiger partial charge in [0.15, 0.2) is 0 Å². The fourth-order valence-corrected chi connectivity index (χ4v) is 3.61. The minimum absolute atomic E-state index is 0. The monoisotopic (exact) mass is 372 g/mol. The van der Waals surface area contributed by atoms with E-state index in [1.807, 2.05) is 26.0 Å². The van der Waals surface area contributed by atoms with Crippen molar-refractivity contribution >= 4 is 46.9 Å². The second-order valence-electron chi connectivity index (χ2n) is 5.99. The molecule has 0 radical (unpaired) electrons. The first-order chi connectivity index (χ1) is 10.3. The first kappa shape index (κ1) is 17.9. The van der Waals surface area contributed by atoms with Gasteiger partial charge in [0.1, 0.15) is 11.4 Å². The number of nitrogens with two attached hydrogens (primary N) is 1. The molecule has 0 aliphatic carbocycles. The summed E-state index contributed by atoms with van der Waals surface area (Å²) in [4.78, 5) is 13.0. The number of hydrogen-bond acceptors (Lipinski definition) is 4. The third kappa shape index (κ3) is 3.91. The Kier molecular flexibility index (Phi) is 5.14. The summed E-state index contributed by atoms with van der Waals surface area (Å²) in [6, 6.07) is 8.83. The van der Waals surface area contributed by atoms with Crippen LogP contribution in [0.3, 0.4) is 0 Å². The third-order valence-corrected chi connectivity index (χ3v) is 4.82. The van der Waals surface area contributed by atoms with Crippen molar-refractivity contribution in [2.24, 2.45) is 0 Å². The van der Waals surface area contributed by atoms with Gasteiger partial charge in [-0.2, -0.15) is 0 Å². The number of ether oxygens (including phenoxy) is 1. The van der Waals surface area contributed by atoms with E-state index in [0.717, 1.165) is 11.3 Å². The molecule has 1 aromatic heterocycles. The average molecular weight is 373 g/mol. The van der Waals surface area contributed by atoms with Crippen molar-refractivity contribution in [3.8, 4) is 5.75 Å². The van der Waals surface area contributed by atoms with Gasteiger partial charge in [-0.1, -0.05) is 11.6 Å². The largest absolute Gasteiger partial charge is 0.487 e. The molecule has 1 atom stereocenters. The summed E-state index contributed by atoms with van der Waals surface area (Å²) in [5, 5.41) is 3.06. The minimum Gasteiger partial charge on any atom is -0.487 e. The Morgan fingerprint density at radius 1 is 1.39 bits per heavy atom. The number of nitrogen functional groups attached to an aromatic ring is 1. The minimum atomic E-state index is -0.353. The predicted molar refractivity (Wildman–Crippen MR) is 97.0 cm³/mol. The summed E-state index contributed by atoms with van der Waals surface area (Å²) < 4.78 is 6.57. The van der Waals surface area contributed by atoms with E-state index in [2.05, 4.69) is 5.32 Å². The number of carbonyl (C=O) groups excluding carboxylic acids is 1. The van der Waals surface area contributed by atoms with Crippen LogP contribution in [0.15, 0.2) is 30.3 Å². The fourth-order valence-electron chi connectivity index (χ4n) is 2.67. The lowest BCUT2D eigenvalue weighted by Crippen LogP contribution is -2.41. The maximum Gasteiger partial charge on any atom is 0.261 e. The molecule has 7 heteroatoms. The molecule has 3 rings (SSSR count). The van der Waals surface area contributed by atoms with Gasteiger partial charge >= 0.3 is 0 Å². The summed E-state index contributed by atoms with van der Waals surface area (Å²) in [5.41, 5.74) is 7.09. The summed E-state index contributed by atoms with van der Waals surface area (Å²) >= 11 is 7.16. The van der Waals surface area contributed by atoms with Crippen molar-refractivity contribution in [3.05, 3.63) is 45.1 Å². The van der Waals surface area contributed by atoms with Crippen LogP contribution in [-0.4, -0.2) is 11.5 Å². The molecule has 0 bridgehead atoms. The van der Waals surface area contributed by atoms with Crippen LogP contribution in [0.25, 0.3) is 0 Å². The van der Waals surface area contributed by atoms with E-state index in [0.29, 0.717) is 21.3 Å². The number of rotatable bonds is 2. The number of fused-ring (bicyclic) bond motifs is 1. The normalized spacial score (nSPS) is 18.3. The molecule has 1 aliphatic rings. The van der Waals surface area contributed by atoms with Crippen molar-refractivity contribution in [1.82, 2.24) is 5.32 Å². The van der Waals surface area contributed by atoms with Gasteiger partial charge < -0.3 is 15.8 Å². The van der Waals surface area contributed by atoms with Gasteiger partial charge in [0.2, 0.25) is 0 Å². The van der Waals surface area contributed by atoms with E-state index < -0.39 is 0 Å². The van der Waals surface area contributed by atoms with Crippen molar-refractivity contribution in [1.29, 1.82) is 0 Å². The topological polar surface area (TPSA) is 64.4 Å². The molecular weight excluding hydrogens is 355 g/mol. The quantitative estimate of drug-likeness (QED) is 0.765. The summed E-state index contributed by atoms with van der Waals surface area (Å²) in [7, 11) is 0. The van der Waals surface area contributed by atoms with Gasteiger partial charge in [0, 0.05) is 17.7 Å². The van der Waals surface area contributed by atoms with E-state index in [1.54, 1.807) is 18.2 Å². The van der Waals surface area contributed by atoms with Crippen molar-refractivity contribution < 1.29 is 9.53 Å². The number of nitrogens with one attached hydrogen (secondary N) is 1. The molecule has 3 N–H and O–H groups in total. The van der Waals surface area contributed by atoms with Gasteiger partial charge in [-0.15, -0.1) is 23.7 Å². The smallest absolute Gasteiger partial charge is 0.261 e. The highest BCUT2D eigenvalue weighted by molar-refractivity contribution is 7.18. The number of hydrogen-bond donors (Lipinski definition) is 2. The van der Waals surface area contributed by atoms with Gasteiger partial charge in [-0.05, 0) is 44.2 Å². The Morgan fingerprint density at radius 2 is 2.13 bits per heavy atom. The lowest BCUT2D eigenvalue weighted by Gasteiger charge is -2.38. The highest BCUT2D eigenvalue weighted by atomic mass is 35.5. The van der Waals surface area contributed by atoms with E-state index in [-0.39, 0.29) is 30.0 Å². The molecule has 0 spiro atoms. The van der Waals surface area contributed by atoms with Crippen LogP contribution in [0.5, 0.6) is 5.75 Å². The molecular formula is C16H18Cl2N2O2S. The number of anilines is 1. The zero-order chi connectivity index (χ0) is 15.9. The number of halogens is 2. The maximum atomic E-state index is 12.4. The lowest BCUT2D eigenvalue weighted by molar-refractivity contribution is 0.0621. The molecule has 124 valence electrons. The molecule has 1 amide bonds. The zero-order valence-corrected chi connectivity index (χ0v) is 15.1. The molecule has 23 heavy (non-hydrogen) atoms. The molecule has 2 aromatic rings. The van der Waals surface area contributed by atoms with E-state index in [9.17, 15) is 4.79 Å². The zero-order valence-electron chi connectivity index (χ0n) is 12.8. The van der Waals surface area contributed by atoms with Crippen LogP contribution < -0.4 is 15.8 Å². The highest BCUT2D eigenvalue weighted by Crippen LogP contribution is 2.40. The Labute approximate surface area is 150 Å². The van der Waals surface area contributed by atoms with Crippen LogP contribution in [0, 0.1) is 0 Å². The Balaban J connectivity index is 0.00000192. The van der Waals surface area contributed by atoms with Crippen molar-refractivity contribution in [2.45, 2.75) is 31.9 Å². The van der Waals surface area contributed by atoms with Gasteiger partial charge in [0.05, 0.1) is 15.3 Å². The van der Waals surface area contributed by atoms with Crippen LogP contribution in [0.4, 0.5) is 5.69 Å². The molecule has 1 aromatic carbocycles. The van der Waals surface area contributed by atoms with E-state index in [4.69, 9.17) is 22.1 Å². The van der Waals surface area contributed by atoms with Gasteiger partial charge in [-0.25, -0.2) is 0 Å². The van der Waals surface area contributed by atoms with E-state index >= 15 is 0 Å². The Hall–Kier alpha value is -1.43. The summed E-state index contributed by atoms with van der Waals surface area (Å²) in [6.07, 6.45) is 0.675. The summed E-state index contributed by atoms with van der Waals surface area (Å²) in [6.45, 7) is 4.01. The maximum absolute atomic E-state index is 12.4. The average Bonchev–Trinajstić information content (AvgIpc) is 2.85. The van der Waals surface area contributed by atoms with Crippen LogP contribution >= 0.6 is 35.3 Å². The Morgan fingerprint density at radius 3 is 2.78 bits per heavy atom. The van der Waals surface area contributed by atoms with Crippen LogP contribution in [-0.2, 0) is 0 Å². The molecule has 2 heterocycles. The molecule has 0 saturated carbocycles. The number of carbonyl (C=O) groups is 1. The molecule has 1 unspecified atom stereocenters. The summed E-state index contributed by atoms with van der Waals surface area (Å²) in [5.74, 6) is 0.632. The molecule has 4 nitrogen and oxygen atoms in total. The van der Waals surface area contributed by atoms with Crippen LogP contribution in [0.1, 0.15) is 41.5 Å². The number of amides is 1. The predicted octanol–water partition coefficient (Wildman–Crippen LogP) is 4.44. The first-order valence-corrected chi connectivity index (χ1v) is 8.18. The second kappa shape index (κ2) is 6.59. The Bertz CT molecular complexity index is 731. The van der Waals surface area contributed by atoms with Gasteiger partial charge in [-0.3, -0.25) is 4.79 Å². The van der Waals surface area contributed by atoms with E-state index in [1.165, 1.54) is 11.3 Å². The first-order valence-electron chi connectivity index (χ1n) is 6.99. The SMILES string of the molecule is CC1(C)CC(NC(=O)c2ccc(Cl)s2)c2cc(N)ccc2O1.Cl. The lowest BCUT2D eigenvalue weighted by atomic mass is 9.89. The van der Waals surface area contributed by atoms with Gasteiger partial charge in [0.25, 0.3) is 5.91 Å².